The first-order valence-electron chi connectivity index (χ1n) is 6.94. The van der Waals surface area contributed by atoms with Crippen LogP contribution in [-0.2, 0) is 14.3 Å². The van der Waals surface area contributed by atoms with Gasteiger partial charge in [-0.05, 0) is 19.1 Å². The molecule has 0 aliphatic heterocycles. The largest absolute Gasteiger partial charge is 0.462 e. The number of ether oxygens (including phenoxy) is 2. The second kappa shape index (κ2) is 9.77. The lowest BCUT2D eigenvalue weighted by Gasteiger charge is -2.11. The number of carbonyl (C=O) groups is 2. The number of benzene rings is 1. The van der Waals surface area contributed by atoms with E-state index in [-0.39, 0.29) is 11.9 Å². The van der Waals surface area contributed by atoms with Gasteiger partial charge in [-0.1, -0.05) is 12.1 Å². The average molecular weight is 294 g/mol. The van der Waals surface area contributed by atoms with E-state index in [2.05, 4.69) is 10.6 Å². The quantitative estimate of drug-likeness (QED) is 0.532. The van der Waals surface area contributed by atoms with E-state index in [4.69, 9.17) is 9.47 Å². The Morgan fingerprint density at radius 2 is 1.95 bits per heavy atom. The standard InChI is InChI=1S/C15H22N2O4/c1-3-21-15(19)12-6-4-5-7-13(12)16-9-8-14(18)17-10-11-20-2/h4-7,16H,3,8-11H2,1-2H3,(H,17,18). The van der Waals surface area contributed by atoms with Crippen molar-refractivity contribution in [3.8, 4) is 0 Å². The smallest absolute Gasteiger partial charge is 0.340 e. The molecule has 0 saturated carbocycles. The summed E-state index contributed by atoms with van der Waals surface area (Å²) in [5.74, 6) is -0.432. The minimum Gasteiger partial charge on any atom is -0.462 e. The summed E-state index contributed by atoms with van der Waals surface area (Å²) in [6.45, 7) is 3.52. The Labute approximate surface area is 124 Å². The Morgan fingerprint density at radius 3 is 2.67 bits per heavy atom. The van der Waals surface area contributed by atoms with Gasteiger partial charge in [0, 0.05) is 32.3 Å². The molecule has 0 aliphatic carbocycles. The minimum absolute atomic E-state index is 0.0619. The lowest BCUT2D eigenvalue weighted by molar-refractivity contribution is -0.121. The van der Waals surface area contributed by atoms with Crippen LogP contribution in [0.5, 0.6) is 0 Å². The van der Waals surface area contributed by atoms with Crippen LogP contribution in [0.15, 0.2) is 24.3 Å². The third-order valence-corrected chi connectivity index (χ3v) is 2.72. The van der Waals surface area contributed by atoms with Crippen molar-refractivity contribution in [2.24, 2.45) is 0 Å². The van der Waals surface area contributed by atoms with Crippen molar-refractivity contribution in [2.75, 3.05) is 38.7 Å². The van der Waals surface area contributed by atoms with Crippen molar-refractivity contribution in [3.63, 3.8) is 0 Å². The summed E-state index contributed by atoms with van der Waals surface area (Å²) in [6, 6.07) is 7.08. The van der Waals surface area contributed by atoms with Crippen LogP contribution in [-0.4, -0.2) is 45.3 Å². The van der Waals surface area contributed by atoms with Crippen LogP contribution in [0.4, 0.5) is 5.69 Å². The van der Waals surface area contributed by atoms with Crippen molar-refractivity contribution in [1.82, 2.24) is 5.32 Å². The van der Waals surface area contributed by atoms with Gasteiger partial charge in [-0.15, -0.1) is 0 Å². The maximum atomic E-state index is 11.8. The molecule has 0 spiro atoms. The molecule has 0 bridgehead atoms. The summed E-state index contributed by atoms with van der Waals surface area (Å²) in [5.41, 5.74) is 1.14. The van der Waals surface area contributed by atoms with Gasteiger partial charge in [-0.3, -0.25) is 4.79 Å². The van der Waals surface area contributed by atoms with Crippen molar-refractivity contribution < 1.29 is 19.1 Å². The SMILES string of the molecule is CCOC(=O)c1ccccc1NCCC(=O)NCCOC. The molecule has 0 saturated heterocycles. The highest BCUT2D eigenvalue weighted by Crippen LogP contribution is 2.16. The first kappa shape index (κ1) is 17.0. The lowest BCUT2D eigenvalue weighted by atomic mass is 10.1. The molecule has 0 radical (unpaired) electrons. The molecule has 0 aromatic heterocycles. The molecule has 1 amide bonds. The van der Waals surface area contributed by atoms with Gasteiger partial charge in [0.25, 0.3) is 0 Å². The summed E-state index contributed by atoms with van der Waals surface area (Å²) in [7, 11) is 1.58. The molecule has 2 N–H and O–H groups in total. The zero-order valence-electron chi connectivity index (χ0n) is 12.5. The third kappa shape index (κ3) is 6.27. The molecule has 1 rings (SSSR count). The number of anilines is 1. The van der Waals surface area contributed by atoms with Gasteiger partial charge in [0.2, 0.25) is 5.91 Å². The zero-order chi connectivity index (χ0) is 15.5. The molecule has 21 heavy (non-hydrogen) atoms. The molecule has 1 aromatic carbocycles. The Kier molecular flexibility index (Phi) is 7.89. The molecule has 0 unspecified atom stereocenters. The number of rotatable bonds is 9. The van der Waals surface area contributed by atoms with Gasteiger partial charge in [0.05, 0.1) is 18.8 Å². The predicted octanol–water partition coefficient (Wildman–Crippen LogP) is 1.43. The number of methoxy groups -OCH3 is 1. The fraction of sp³-hybridized carbons (Fsp3) is 0.467. The topological polar surface area (TPSA) is 76.7 Å². The van der Waals surface area contributed by atoms with E-state index in [0.29, 0.717) is 44.0 Å². The number of hydrogen-bond acceptors (Lipinski definition) is 5. The van der Waals surface area contributed by atoms with Crippen LogP contribution in [0.3, 0.4) is 0 Å². The summed E-state index contributed by atoms with van der Waals surface area (Å²) < 4.78 is 9.84. The second-order valence-electron chi connectivity index (χ2n) is 4.29. The third-order valence-electron chi connectivity index (χ3n) is 2.72. The van der Waals surface area contributed by atoms with E-state index in [9.17, 15) is 9.59 Å². The van der Waals surface area contributed by atoms with Gasteiger partial charge in [0.15, 0.2) is 0 Å². The number of nitrogens with one attached hydrogen (secondary N) is 2. The van der Waals surface area contributed by atoms with Crippen molar-refractivity contribution in [3.05, 3.63) is 29.8 Å². The van der Waals surface area contributed by atoms with Crippen molar-refractivity contribution in [2.45, 2.75) is 13.3 Å². The molecule has 116 valence electrons. The molecule has 0 atom stereocenters. The lowest BCUT2D eigenvalue weighted by Crippen LogP contribution is -2.28. The van der Waals surface area contributed by atoms with Crippen molar-refractivity contribution in [1.29, 1.82) is 0 Å². The number of esters is 1. The summed E-state index contributed by atoms with van der Waals surface area (Å²) in [5, 5.41) is 5.81. The molecule has 6 nitrogen and oxygen atoms in total. The normalized spacial score (nSPS) is 10.0. The Bertz CT molecular complexity index is 463. The number of carbonyl (C=O) groups excluding carboxylic acids is 2. The monoisotopic (exact) mass is 294 g/mol. The van der Waals surface area contributed by atoms with E-state index in [1.54, 1.807) is 32.2 Å². The average Bonchev–Trinajstić information content (AvgIpc) is 2.48. The van der Waals surface area contributed by atoms with Crippen LogP contribution < -0.4 is 10.6 Å². The van der Waals surface area contributed by atoms with Crippen molar-refractivity contribution >= 4 is 17.6 Å². The molecule has 1 aromatic rings. The van der Waals surface area contributed by atoms with Gasteiger partial charge in [-0.2, -0.15) is 0 Å². The minimum atomic E-state index is -0.370. The van der Waals surface area contributed by atoms with E-state index in [0.717, 1.165) is 0 Å². The highest BCUT2D eigenvalue weighted by molar-refractivity contribution is 5.95. The Balaban J connectivity index is 2.45. The number of amides is 1. The molecular weight excluding hydrogens is 272 g/mol. The summed E-state index contributed by atoms with van der Waals surface area (Å²) in [6.07, 6.45) is 0.320. The van der Waals surface area contributed by atoms with E-state index in [1.807, 2.05) is 6.07 Å². The highest BCUT2D eigenvalue weighted by atomic mass is 16.5. The van der Waals surface area contributed by atoms with E-state index < -0.39 is 0 Å². The van der Waals surface area contributed by atoms with Crippen LogP contribution in [0.1, 0.15) is 23.7 Å². The van der Waals surface area contributed by atoms with Gasteiger partial charge < -0.3 is 20.1 Å². The fourth-order valence-corrected chi connectivity index (χ4v) is 1.72. The van der Waals surface area contributed by atoms with Gasteiger partial charge in [0.1, 0.15) is 0 Å². The van der Waals surface area contributed by atoms with E-state index in [1.165, 1.54) is 0 Å². The zero-order valence-corrected chi connectivity index (χ0v) is 12.5. The van der Waals surface area contributed by atoms with Crippen LogP contribution in [0.2, 0.25) is 0 Å². The maximum absolute atomic E-state index is 11.8. The first-order chi connectivity index (χ1) is 10.2. The van der Waals surface area contributed by atoms with Crippen LogP contribution in [0, 0.1) is 0 Å². The summed E-state index contributed by atoms with van der Waals surface area (Å²) >= 11 is 0. The first-order valence-corrected chi connectivity index (χ1v) is 6.94. The molecule has 6 heteroatoms. The molecular formula is C15H22N2O4. The molecule has 0 aliphatic rings. The van der Waals surface area contributed by atoms with Crippen LogP contribution in [0.25, 0.3) is 0 Å². The maximum Gasteiger partial charge on any atom is 0.340 e. The fourth-order valence-electron chi connectivity index (χ4n) is 1.72. The number of para-hydroxylation sites is 1. The van der Waals surface area contributed by atoms with Crippen LogP contribution >= 0.6 is 0 Å². The number of hydrogen-bond donors (Lipinski definition) is 2. The Morgan fingerprint density at radius 1 is 1.19 bits per heavy atom. The summed E-state index contributed by atoms with van der Waals surface area (Å²) in [4.78, 5) is 23.3. The molecule has 0 heterocycles. The Hall–Kier alpha value is -2.08. The van der Waals surface area contributed by atoms with Gasteiger partial charge >= 0.3 is 5.97 Å². The second-order valence-corrected chi connectivity index (χ2v) is 4.29. The van der Waals surface area contributed by atoms with E-state index >= 15 is 0 Å². The predicted molar refractivity (Wildman–Crippen MR) is 80.4 cm³/mol. The highest BCUT2D eigenvalue weighted by Gasteiger charge is 2.11. The van der Waals surface area contributed by atoms with Gasteiger partial charge in [-0.25, -0.2) is 4.79 Å². The molecule has 0 fully saturated rings.